The zero-order chi connectivity index (χ0) is 6.69. The van der Waals surface area contributed by atoms with E-state index in [9.17, 15) is 0 Å². The molecule has 0 aliphatic carbocycles. The minimum Gasteiger partial charge on any atom is -0.205 e. The summed E-state index contributed by atoms with van der Waals surface area (Å²) in [4.78, 5) is 0. The predicted molar refractivity (Wildman–Crippen MR) is 38.0 cm³/mol. The molecule has 0 atom stereocenters. The largest absolute Gasteiger partial charge is 0.205 e. The fourth-order valence-corrected chi connectivity index (χ4v) is 0.682. The van der Waals surface area contributed by atoms with Crippen molar-refractivity contribution in [2.45, 2.75) is 6.82 Å². The molecular formula is C6H9BN2+. The van der Waals surface area contributed by atoms with E-state index in [1.807, 2.05) is 32.4 Å². The van der Waals surface area contributed by atoms with Gasteiger partial charge in [0.25, 0.3) is 0 Å². The van der Waals surface area contributed by atoms with Crippen LogP contribution in [0.2, 0.25) is 6.82 Å². The van der Waals surface area contributed by atoms with Crippen LogP contribution in [0.4, 0.5) is 0 Å². The summed E-state index contributed by atoms with van der Waals surface area (Å²) in [7, 11) is 2.00. The number of nitrogens with zero attached hydrogens (tertiary/aromatic N) is 1. The lowest BCUT2D eigenvalue weighted by Gasteiger charge is -1.88. The van der Waals surface area contributed by atoms with E-state index in [4.69, 9.17) is 5.84 Å². The summed E-state index contributed by atoms with van der Waals surface area (Å²) in [5.74, 6) is 5.43. The lowest BCUT2D eigenvalue weighted by molar-refractivity contribution is -0.638. The van der Waals surface area contributed by atoms with Gasteiger partial charge in [-0.15, -0.1) is 0 Å². The second-order valence-corrected chi connectivity index (χ2v) is 1.87. The summed E-state index contributed by atoms with van der Waals surface area (Å²) in [5.41, 5.74) is 1.14. The fraction of sp³-hybridized carbons (Fsp3) is 0.167. The first kappa shape index (κ1) is 6.14. The second-order valence-electron chi connectivity index (χ2n) is 1.87. The van der Waals surface area contributed by atoms with Crippen LogP contribution in [0.3, 0.4) is 0 Å². The van der Waals surface area contributed by atoms with E-state index in [-0.39, 0.29) is 0 Å². The van der Waals surface area contributed by atoms with E-state index in [1.165, 1.54) is 4.68 Å². The van der Waals surface area contributed by atoms with Crippen LogP contribution < -0.4 is 16.0 Å². The molecule has 0 bridgehead atoms. The zero-order valence-electron chi connectivity index (χ0n) is 5.41. The SMILES string of the molecule is C[B]c1ccc[n+](N)c1. The van der Waals surface area contributed by atoms with Gasteiger partial charge >= 0.3 is 0 Å². The molecule has 0 amide bonds. The Labute approximate surface area is 55.5 Å². The molecule has 0 unspecified atom stereocenters. The van der Waals surface area contributed by atoms with E-state index in [2.05, 4.69) is 0 Å². The summed E-state index contributed by atoms with van der Waals surface area (Å²) in [6, 6.07) is 3.92. The number of nitrogen functional groups attached to an aromatic ring is 1. The Morgan fingerprint density at radius 2 is 2.44 bits per heavy atom. The van der Waals surface area contributed by atoms with Crippen molar-refractivity contribution in [1.82, 2.24) is 0 Å². The molecule has 0 fully saturated rings. The molecule has 45 valence electrons. The first-order valence-electron chi connectivity index (χ1n) is 2.88. The third kappa shape index (κ3) is 1.45. The van der Waals surface area contributed by atoms with Gasteiger partial charge in [-0.2, -0.15) is 0 Å². The van der Waals surface area contributed by atoms with Gasteiger partial charge in [-0.05, 0) is 5.46 Å². The molecule has 1 heterocycles. The van der Waals surface area contributed by atoms with E-state index < -0.39 is 0 Å². The van der Waals surface area contributed by atoms with Gasteiger partial charge < -0.3 is 0 Å². The van der Waals surface area contributed by atoms with Crippen LogP contribution in [-0.2, 0) is 0 Å². The summed E-state index contributed by atoms with van der Waals surface area (Å²) >= 11 is 0. The van der Waals surface area contributed by atoms with E-state index in [0.717, 1.165) is 5.46 Å². The molecule has 0 saturated carbocycles. The number of rotatable bonds is 1. The number of hydrogen-bond acceptors (Lipinski definition) is 1. The predicted octanol–water partition coefficient (Wildman–Crippen LogP) is -0.934. The molecule has 0 aromatic carbocycles. The minimum atomic E-state index is 1.14. The molecule has 0 aliphatic rings. The molecule has 2 N–H and O–H groups in total. The van der Waals surface area contributed by atoms with Gasteiger partial charge in [0, 0.05) is 6.07 Å². The Bertz CT molecular complexity index is 200. The molecule has 0 aliphatic heterocycles. The quantitative estimate of drug-likeness (QED) is 0.289. The third-order valence-corrected chi connectivity index (χ3v) is 1.18. The van der Waals surface area contributed by atoms with Crippen LogP contribution in [-0.4, -0.2) is 7.28 Å². The van der Waals surface area contributed by atoms with Crippen LogP contribution in [0.1, 0.15) is 0 Å². The van der Waals surface area contributed by atoms with Gasteiger partial charge in [0.05, 0.1) is 0 Å². The lowest BCUT2D eigenvalue weighted by atomic mass is 9.74. The van der Waals surface area contributed by atoms with Gasteiger partial charge in [-0.1, -0.05) is 17.6 Å². The Balaban J connectivity index is 2.94. The topological polar surface area (TPSA) is 29.9 Å². The molecule has 1 radical (unpaired) electrons. The molecule has 3 heteroatoms. The average Bonchev–Trinajstić information content (AvgIpc) is 1.88. The van der Waals surface area contributed by atoms with E-state index in [1.54, 1.807) is 6.20 Å². The van der Waals surface area contributed by atoms with Gasteiger partial charge in [-0.25, -0.2) is 5.84 Å². The summed E-state index contributed by atoms with van der Waals surface area (Å²) in [6.45, 7) is 1.98. The zero-order valence-corrected chi connectivity index (χ0v) is 5.41. The molecule has 1 aromatic rings. The van der Waals surface area contributed by atoms with Crippen LogP contribution >= 0.6 is 0 Å². The maximum atomic E-state index is 5.43. The van der Waals surface area contributed by atoms with Gasteiger partial charge in [0.2, 0.25) is 0 Å². The first-order chi connectivity index (χ1) is 4.33. The molecular weight excluding hydrogens is 111 g/mol. The van der Waals surface area contributed by atoms with Crippen molar-refractivity contribution in [3.05, 3.63) is 24.5 Å². The molecule has 0 saturated heterocycles. The highest BCUT2D eigenvalue weighted by atomic mass is 15.3. The fourth-order valence-electron chi connectivity index (χ4n) is 0.682. The highest BCUT2D eigenvalue weighted by molar-refractivity contribution is 6.51. The van der Waals surface area contributed by atoms with Gasteiger partial charge in [0.1, 0.15) is 0 Å². The molecule has 9 heavy (non-hydrogen) atoms. The van der Waals surface area contributed by atoms with E-state index >= 15 is 0 Å². The molecule has 0 spiro atoms. The molecule has 1 aromatic heterocycles. The number of nitrogens with two attached hydrogens (primary N) is 1. The van der Waals surface area contributed by atoms with E-state index in [0.29, 0.717) is 0 Å². The molecule has 2 nitrogen and oxygen atoms in total. The molecule has 1 rings (SSSR count). The average molecular weight is 120 g/mol. The van der Waals surface area contributed by atoms with Crippen LogP contribution in [0.15, 0.2) is 24.5 Å². The van der Waals surface area contributed by atoms with Crippen molar-refractivity contribution in [2.24, 2.45) is 0 Å². The monoisotopic (exact) mass is 120 g/mol. The lowest BCUT2D eigenvalue weighted by Crippen LogP contribution is -2.46. The van der Waals surface area contributed by atoms with Crippen molar-refractivity contribution >= 4 is 12.7 Å². The van der Waals surface area contributed by atoms with Crippen LogP contribution in [0.25, 0.3) is 0 Å². The highest BCUT2D eigenvalue weighted by Crippen LogP contribution is 1.70. The van der Waals surface area contributed by atoms with Crippen molar-refractivity contribution in [1.29, 1.82) is 0 Å². The Hall–Kier alpha value is -0.985. The number of pyridine rings is 1. The summed E-state index contributed by atoms with van der Waals surface area (Å²) < 4.78 is 1.54. The number of aromatic nitrogens is 1. The Morgan fingerprint density at radius 3 is 2.89 bits per heavy atom. The van der Waals surface area contributed by atoms with Crippen molar-refractivity contribution in [3.63, 3.8) is 0 Å². The smallest absolute Gasteiger partial charge is 0.199 e. The highest BCUT2D eigenvalue weighted by Gasteiger charge is 1.94. The van der Waals surface area contributed by atoms with Crippen molar-refractivity contribution < 1.29 is 4.68 Å². The maximum Gasteiger partial charge on any atom is 0.199 e. The van der Waals surface area contributed by atoms with Crippen molar-refractivity contribution in [2.75, 3.05) is 5.84 Å². The second kappa shape index (κ2) is 2.53. The normalized spacial score (nSPS) is 9.00. The minimum absolute atomic E-state index is 1.14. The Kier molecular flexibility index (Phi) is 1.73. The Morgan fingerprint density at radius 1 is 1.67 bits per heavy atom. The summed E-state index contributed by atoms with van der Waals surface area (Å²) in [6.07, 6.45) is 3.66. The number of hydrogen-bond donors (Lipinski definition) is 1. The van der Waals surface area contributed by atoms with Gasteiger partial charge in [-0.3, -0.25) is 0 Å². The van der Waals surface area contributed by atoms with Crippen molar-refractivity contribution in [3.8, 4) is 0 Å². The maximum absolute atomic E-state index is 5.43. The summed E-state index contributed by atoms with van der Waals surface area (Å²) in [5, 5.41) is 0. The van der Waals surface area contributed by atoms with Gasteiger partial charge in [0.15, 0.2) is 19.7 Å². The van der Waals surface area contributed by atoms with Crippen LogP contribution in [0, 0.1) is 0 Å². The first-order valence-corrected chi connectivity index (χ1v) is 2.88. The third-order valence-electron chi connectivity index (χ3n) is 1.18. The standard InChI is InChI=1S/C6H9BN2/c1-7-6-3-2-4-9(8)5-6/h2-5H,8H2,1H3/q+1. The van der Waals surface area contributed by atoms with Crippen LogP contribution in [0.5, 0.6) is 0 Å².